The maximum atomic E-state index is 13.5. The minimum Gasteiger partial charge on any atom is -0.504 e. The molecule has 4 nitrogen and oxygen atoms in total. The second-order valence-corrected chi connectivity index (χ2v) is 4.07. The average molecular weight is 262 g/mol. The van der Waals surface area contributed by atoms with E-state index in [2.05, 4.69) is 9.97 Å². The fourth-order valence-corrected chi connectivity index (χ4v) is 1.85. The van der Waals surface area contributed by atoms with E-state index in [4.69, 9.17) is 0 Å². The lowest BCUT2D eigenvalue weighted by Crippen LogP contribution is -1.81. The molecule has 96 valence electrons. The summed E-state index contributed by atoms with van der Waals surface area (Å²) in [4.78, 5) is 6.76. The molecule has 0 aliphatic heterocycles. The van der Waals surface area contributed by atoms with Crippen molar-refractivity contribution in [2.24, 2.45) is 0 Å². The molecule has 3 rings (SSSR count). The Bertz CT molecular complexity index is 784. The van der Waals surface area contributed by atoms with Crippen LogP contribution in [0.4, 0.5) is 8.78 Å². The van der Waals surface area contributed by atoms with Crippen LogP contribution in [0.15, 0.2) is 30.3 Å². The van der Waals surface area contributed by atoms with Gasteiger partial charge in [0.05, 0.1) is 5.52 Å². The van der Waals surface area contributed by atoms with Crippen molar-refractivity contribution in [1.82, 2.24) is 9.97 Å². The Kier molecular flexibility index (Phi) is 2.38. The Balaban J connectivity index is 2.20. The summed E-state index contributed by atoms with van der Waals surface area (Å²) in [6, 6.07) is 5.95. The lowest BCUT2D eigenvalue weighted by molar-refractivity contribution is 0.404. The Morgan fingerprint density at radius 2 is 1.79 bits per heavy atom. The number of phenols is 2. The highest BCUT2D eigenvalue weighted by atomic mass is 19.1. The van der Waals surface area contributed by atoms with E-state index in [0.29, 0.717) is 5.56 Å². The van der Waals surface area contributed by atoms with Crippen molar-refractivity contribution < 1.29 is 19.0 Å². The predicted octanol–water partition coefficient (Wildman–Crippen LogP) is 2.92. The number of rotatable bonds is 1. The number of phenolic OH excluding ortho intramolecular Hbond substituents is 2. The first-order valence-electron chi connectivity index (χ1n) is 5.42. The molecule has 19 heavy (non-hydrogen) atoms. The van der Waals surface area contributed by atoms with Crippen LogP contribution in [0.1, 0.15) is 0 Å². The summed E-state index contributed by atoms with van der Waals surface area (Å²) in [5, 5.41) is 18.6. The van der Waals surface area contributed by atoms with E-state index in [0.717, 1.165) is 12.1 Å². The van der Waals surface area contributed by atoms with Gasteiger partial charge in [-0.3, -0.25) is 0 Å². The highest BCUT2D eigenvalue weighted by Crippen LogP contribution is 2.30. The molecule has 0 radical (unpaired) electrons. The topological polar surface area (TPSA) is 69.1 Å². The van der Waals surface area contributed by atoms with Gasteiger partial charge in [0.2, 0.25) is 0 Å². The fraction of sp³-hybridized carbons (Fsp3) is 0. The molecule has 3 N–H and O–H groups in total. The van der Waals surface area contributed by atoms with Crippen molar-refractivity contribution in [3.05, 3.63) is 42.0 Å². The van der Waals surface area contributed by atoms with Crippen LogP contribution in [0.3, 0.4) is 0 Å². The summed E-state index contributed by atoms with van der Waals surface area (Å²) < 4.78 is 26.6. The summed E-state index contributed by atoms with van der Waals surface area (Å²) in [5.41, 5.74) is 0.690. The molecule has 0 saturated carbocycles. The van der Waals surface area contributed by atoms with Crippen LogP contribution in [-0.4, -0.2) is 20.2 Å². The predicted molar refractivity (Wildman–Crippen MR) is 64.8 cm³/mol. The molecule has 0 aliphatic rings. The minimum atomic E-state index is -0.763. The molecule has 2 aromatic carbocycles. The molecule has 0 unspecified atom stereocenters. The van der Waals surface area contributed by atoms with E-state index in [1.54, 1.807) is 0 Å². The van der Waals surface area contributed by atoms with E-state index < -0.39 is 11.6 Å². The van der Waals surface area contributed by atoms with E-state index in [-0.39, 0.29) is 28.4 Å². The van der Waals surface area contributed by atoms with Crippen molar-refractivity contribution in [2.75, 3.05) is 0 Å². The molecule has 6 heteroatoms. The van der Waals surface area contributed by atoms with Gasteiger partial charge in [-0.25, -0.2) is 13.8 Å². The zero-order chi connectivity index (χ0) is 13.6. The molecule has 0 bridgehead atoms. The monoisotopic (exact) mass is 262 g/mol. The minimum absolute atomic E-state index is 0.0176. The Morgan fingerprint density at radius 1 is 1.00 bits per heavy atom. The van der Waals surface area contributed by atoms with E-state index >= 15 is 0 Å². The number of fused-ring (bicyclic) bond motifs is 1. The lowest BCUT2D eigenvalue weighted by Gasteiger charge is -1.99. The first-order chi connectivity index (χ1) is 9.04. The van der Waals surface area contributed by atoms with Gasteiger partial charge in [0.1, 0.15) is 17.2 Å². The smallest absolute Gasteiger partial charge is 0.158 e. The molecule has 1 heterocycles. The Morgan fingerprint density at radius 3 is 2.53 bits per heavy atom. The van der Waals surface area contributed by atoms with Crippen molar-refractivity contribution in [2.45, 2.75) is 0 Å². The van der Waals surface area contributed by atoms with Gasteiger partial charge >= 0.3 is 0 Å². The number of halogens is 2. The number of aromatic nitrogens is 2. The molecular formula is C13H8F2N2O2. The maximum Gasteiger partial charge on any atom is 0.158 e. The third kappa shape index (κ3) is 1.87. The highest BCUT2D eigenvalue weighted by molar-refractivity contribution is 5.80. The number of benzene rings is 2. The van der Waals surface area contributed by atoms with Crippen LogP contribution in [0, 0.1) is 11.6 Å². The number of aromatic amines is 1. The van der Waals surface area contributed by atoms with Crippen LogP contribution < -0.4 is 0 Å². The molecule has 0 atom stereocenters. The van der Waals surface area contributed by atoms with E-state index in [9.17, 15) is 19.0 Å². The lowest BCUT2D eigenvalue weighted by atomic mass is 10.2. The molecule has 0 amide bonds. The molecule has 0 aliphatic carbocycles. The van der Waals surface area contributed by atoms with Gasteiger partial charge in [-0.15, -0.1) is 0 Å². The van der Waals surface area contributed by atoms with E-state index in [1.807, 2.05) is 0 Å². The summed E-state index contributed by atoms with van der Waals surface area (Å²) in [6.45, 7) is 0. The third-order valence-corrected chi connectivity index (χ3v) is 2.75. The molecule has 0 saturated heterocycles. The molecular weight excluding hydrogens is 254 g/mol. The first kappa shape index (κ1) is 11.5. The quantitative estimate of drug-likeness (QED) is 0.590. The molecule has 1 aromatic heterocycles. The summed E-state index contributed by atoms with van der Waals surface area (Å²) in [5.74, 6) is -1.77. The molecule has 3 aromatic rings. The zero-order valence-electron chi connectivity index (χ0n) is 9.48. The fourth-order valence-electron chi connectivity index (χ4n) is 1.85. The Labute approximate surface area is 106 Å². The van der Waals surface area contributed by atoms with Crippen molar-refractivity contribution in [3.8, 4) is 22.9 Å². The van der Waals surface area contributed by atoms with Gasteiger partial charge in [-0.1, -0.05) is 0 Å². The first-order valence-corrected chi connectivity index (χ1v) is 5.42. The summed E-state index contributed by atoms with van der Waals surface area (Å²) >= 11 is 0. The second-order valence-electron chi connectivity index (χ2n) is 4.07. The van der Waals surface area contributed by atoms with Gasteiger partial charge in [-0.2, -0.15) is 0 Å². The van der Waals surface area contributed by atoms with Gasteiger partial charge in [-0.05, 0) is 24.3 Å². The van der Waals surface area contributed by atoms with Crippen LogP contribution >= 0.6 is 0 Å². The van der Waals surface area contributed by atoms with Gasteiger partial charge in [0.25, 0.3) is 0 Å². The molecule has 0 spiro atoms. The van der Waals surface area contributed by atoms with Crippen LogP contribution in [0.25, 0.3) is 22.4 Å². The number of imidazole rings is 1. The molecule has 0 fully saturated rings. The van der Waals surface area contributed by atoms with E-state index in [1.165, 1.54) is 18.2 Å². The van der Waals surface area contributed by atoms with Crippen LogP contribution in [0.5, 0.6) is 11.5 Å². The van der Waals surface area contributed by atoms with Gasteiger partial charge in [0.15, 0.2) is 17.3 Å². The Hall–Kier alpha value is -2.63. The van der Waals surface area contributed by atoms with Gasteiger partial charge < -0.3 is 15.2 Å². The summed E-state index contributed by atoms with van der Waals surface area (Å²) in [7, 11) is 0. The zero-order valence-corrected chi connectivity index (χ0v) is 9.48. The number of hydrogen-bond acceptors (Lipinski definition) is 3. The number of H-pyrrole nitrogens is 1. The number of hydrogen-bond donors (Lipinski definition) is 3. The van der Waals surface area contributed by atoms with Crippen LogP contribution in [-0.2, 0) is 0 Å². The maximum absolute atomic E-state index is 13.5. The number of nitrogens with zero attached hydrogens (tertiary/aromatic N) is 1. The number of nitrogens with one attached hydrogen (secondary N) is 1. The average Bonchev–Trinajstić information content (AvgIpc) is 2.76. The third-order valence-electron chi connectivity index (χ3n) is 2.75. The number of aromatic hydroxyl groups is 2. The normalized spacial score (nSPS) is 11.1. The second kappa shape index (κ2) is 3.94. The largest absolute Gasteiger partial charge is 0.504 e. The van der Waals surface area contributed by atoms with Crippen molar-refractivity contribution in [3.63, 3.8) is 0 Å². The van der Waals surface area contributed by atoms with Gasteiger partial charge in [0, 0.05) is 11.6 Å². The van der Waals surface area contributed by atoms with Crippen LogP contribution in [0.2, 0.25) is 0 Å². The van der Waals surface area contributed by atoms with Crippen molar-refractivity contribution in [1.29, 1.82) is 0 Å². The van der Waals surface area contributed by atoms with Crippen molar-refractivity contribution >= 4 is 11.0 Å². The standard InChI is InChI=1S/C13H8F2N2O2/c14-7-4-8(15)12-9(5-7)16-13(17-12)6-1-2-10(18)11(19)3-6/h1-5,18-19H,(H,16,17). The SMILES string of the molecule is Oc1ccc(-c2nc3c(F)cc(F)cc3[nH]2)cc1O. The highest BCUT2D eigenvalue weighted by Gasteiger charge is 2.12. The summed E-state index contributed by atoms with van der Waals surface area (Å²) in [6.07, 6.45) is 0.